The van der Waals surface area contributed by atoms with Gasteiger partial charge in [0.15, 0.2) is 0 Å². The van der Waals surface area contributed by atoms with Gasteiger partial charge >= 0.3 is 5.69 Å². The average Bonchev–Trinajstić information content (AvgIpc) is 2.92. The lowest BCUT2D eigenvalue weighted by Gasteiger charge is -2.30. The van der Waals surface area contributed by atoms with Crippen LogP contribution in [0.4, 0.5) is 5.82 Å². The van der Waals surface area contributed by atoms with Crippen LogP contribution >= 0.6 is 0 Å². The number of sulfonamides is 1. The number of unbranched alkanes of at least 4 members (excludes halogenated alkanes) is 2. The maximum Gasteiger partial charge on any atom is 0.326 e. The first-order chi connectivity index (χ1) is 12.8. The van der Waals surface area contributed by atoms with E-state index in [2.05, 4.69) is 16.9 Å². The van der Waals surface area contributed by atoms with Crippen LogP contribution in [0.25, 0.3) is 11.0 Å². The fraction of sp³-hybridized carbons (Fsp3) is 0.667. The third kappa shape index (κ3) is 4.52. The topological polar surface area (TPSA) is 114 Å². The number of nitrogen functional groups attached to an aromatic ring is 1. The summed E-state index contributed by atoms with van der Waals surface area (Å²) < 4.78 is 26.6. The predicted octanol–water partition coefficient (Wildman–Crippen LogP) is 1.71. The number of nitrogens with two attached hydrogens (primary N) is 1. The molecule has 150 valence electrons. The van der Waals surface area contributed by atoms with Crippen LogP contribution in [0.3, 0.4) is 0 Å². The summed E-state index contributed by atoms with van der Waals surface area (Å²) in [5, 5.41) is 0. The summed E-state index contributed by atoms with van der Waals surface area (Å²) in [5.74, 6) is 0.624. The highest BCUT2D eigenvalue weighted by Crippen LogP contribution is 2.24. The second kappa shape index (κ2) is 8.02. The van der Waals surface area contributed by atoms with E-state index in [1.807, 2.05) is 6.07 Å². The van der Waals surface area contributed by atoms with Crippen LogP contribution in [-0.4, -0.2) is 46.6 Å². The summed E-state index contributed by atoms with van der Waals surface area (Å²) in [7, 11) is -3.14. The molecule has 0 amide bonds. The fourth-order valence-corrected chi connectivity index (χ4v) is 4.65. The molecule has 1 aliphatic heterocycles. The molecule has 0 aromatic carbocycles. The minimum atomic E-state index is -3.14. The number of imidazole rings is 1. The Morgan fingerprint density at radius 1 is 1.30 bits per heavy atom. The highest BCUT2D eigenvalue weighted by atomic mass is 32.2. The maximum atomic E-state index is 12.5. The molecule has 9 heteroatoms. The Balaban J connectivity index is 1.80. The van der Waals surface area contributed by atoms with E-state index in [1.54, 1.807) is 4.57 Å². The second-order valence-electron chi connectivity index (χ2n) is 7.50. The van der Waals surface area contributed by atoms with Crippen molar-refractivity contribution in [2.24, 2.45) is 5.92 Å². The predicted molar refractivity (Wildman–Crippen MR) is 107 cm³/mol. The normalized spacial score (nSPS) is 17.0. The van der Waals surface area contributed by atoms with E-state index in [4.69, 9.17) is 5.73 Å². The highest BCUT2D eigenvalue weighted by Gasteiger charge is 2.26. The number of aromatic amines is 1. The zero-order chi connectivity index (χ0) is 19.6. The number of nitrogens with one attached hydrogen (secondary N) is 1. The SMILES string of the molecule is CCCCCc1cc2c([nH]c(=O)n2CC2CCN(S(C)(=O)=O)CC2)c(N)n1. The Morgan fingerprint density at radius 3 is 2.63 bits per heavy atom. The monoisotopic (exact) mass is 395 g/mol. The lowest BCUT2D eigenvalue weighted by atomic mass is 9.98. The molecule has 1 fully saturated rings. The number of hydrogen-bond donors (Lipinski definition) is 2. The van der Waals surface area contributed by atoms with Crippen LogP contribution in [0.5, 0.6) is 0 Å². The third-order valence-electron chi connectivity index (χ3n) is 5.37. The van der Waals surface area contributed by atoms with Crippen LogP contribution in [0.2, 0.25) is 0 Å². The summed E-state index contributed by atoms with van der Waals surface area (Å²) in [5.41, 5.74) is 8.19. The second-order valence-corrected chi connectivity index (χ2v) is 9.48. The van der Waals surface area contributed by atoms with Gasteiger partial charge in [0.1, 0.15) is 11.3 Å². The van der Waals surface area contributed by atoms with Gasteiger partial charge in [-0.15, -0.1) is 0 Å². The summed E-state index contributed by atoms with van der Waals surface area (Å²) in [6.07, 6.45) is 6.91. The number of H-pyrrole nitrogens is 1. The number of fused-ring (bicyclic) bond motifs is 1. The Morgan fingerprint density at radius 2 is 2.00 bits per heavy atom. The molecule has 0 atom stereocenters. The first-order valence-corrected chi connectivity index (χ1v) is 11.5. The third-order valence-corrected chi connectivity index (χ3v) is 6.67. The van der Waals surface area contributed by atoms with Crippen LogP contribution in [0.15, 0.2) is 10.9 Å². The standard InChI is InChI=1S/C18H29N5O3S/c1-3-4-5-6-14-11-15-16(17(19)20-14)21-18(24)23(15)12-13-7-9-22(10-8-13)27(2,25)26/h11,13H,3-10,12H2,1-2H3,(H2,19,20)(H,21,24). The van der Waals surface area contributed by atoms with Crippen molar-refractivity contribution < 1.29 is 8.42 Å². The van der Waals surface area contributed by atoms with Crippen LogP contribution in [-0.2, 0) is 23.0 Å². The van der Waals surface area contributed by atoms with Crippen molar-refractivity contribution in [2.45, 2.75) is 52.0 Å². The minimum absolute atomic E-state index is 0.185. The van der Waals surface area contributed by atoms with Gasteiger partial charge in [0.25, 0.3) is 0 Å². The van der Waals surface area contributed by atoms with E-state index < -0.39 is 10.0 Å². The number of hydrogen-bond acceptors (Lipinski definition) is 5. The van der Waals surface area contributed by atoms with Gasteiger partial charge in [-0.2, -0.15) is 0 Å². The van der Waals surface area contributed by atoms with Gasteiger partial charge < -0.3 is 10.7 Å². The van der Waals surface area contributed by atoms with E-state index in [9.17, 15) is 13.2 Å². The Bertz CT molecular complexity index is 955. The lowest BCUT2D eigenvalue weighted by Crippen LogP contribution is -2.39. The number of anilines is 1. The Hall–Kier alpha value is -1.87. The zero-order valence-electron chi connectivity index (χ0n) is 16.1. The van der Waals surface area contributed by atoms with Crippen molar-refractivity contribution >= 4 is 26.9 Å². The smallest absolute Gasteiger partial charge is 0.326 e. The Kier molecular flexibility index (Phi) is 5.90. The van der Waals surface area contributed by atoms with Gasteiger partial charge in [-0.25, -0.2) is 22.5 Å². The van der Waals surface area contributed by atoms with Gasteiger partial charge in [-0.3, -0.25) is 4.57 Å². The van der Waals surface area contributed by atoms with Crippen molar-refractivity contribution in [3.63, 3.8) is 0 Å². The number of rotatable bonds is 7. The largest absolute Gasteiger partial charge is 0.382 e. The molecule has 2 aromatic rings. The van der Waals surface area contributed by atoms with Crippen LogP contribution < -0.4 is 11.4 Å². The van der Waals surface area contributed by atoms with Gasteiger partial charge in [0, 0.05) is 25.3 Å². The molecule has 3 rings (SSSR count). The molecule has 2 aromatic heterocycles. The average molecular weight is 396 g/mol. The van der Waals surface area contributed by atoms with Gasteiger partial charge in [-0.05, 0) is 37.7 Å². The maximum absolute atomic E-state index is 12.5. The minimum Gasteiger partial charge on any atom is -0.382 e. The molecule has 1 aliphatic rings. The molecular weight excluding hydrogens is 366 g/mol. The molecule has 8 nitrogen and oxygen atoms in total. The molecule has 0 radical (unpaired) electrons. The van der Waals surface area contributed by atoms with Crippen LogP contribution in [0.1, 0.15) is 44.7 Å². The van der Waals surface area contributed by atoms with Crippen molar-refractivity contribution in [2.75, 3.05) is 25.1 Å². The highest BCUT2D eigenvalue weighted by molar-refractivity contribution is 7.88. The number of piperidine rings is 1. The molecule has 0 spiro atoms. The Labute approximate surface area is 159 Å². The molecule has 0 bridgehead atoms. The van der Waals surface area contributed by atoms with Crippen molar-refractivity contribution in [1.82, 2.24) is 18.8 Å². The van der Waals surface area contributed by atoms with E-state index in [0.717, 1.165) is 49.7 Å². The lowest BCUT2D eigenvalue weighted by molar-refractivity contribution is 0.254. The quantitative estimate of drug-likeness (QED) is 0.693. The summed E-state index contributed by atoms with van der Waals surface area (Å²) in [6.45, 7) is 3.73. The number of nitrogens with zero attached hydrogens (tertiary/aromatic N) is 3. The van der Waals surface area contributed by atoms with E-state index in [1.165, 1.54) is 10.6 Å². The molecule has 1 saturated heterocycles. The number of aromatic nitrogens is 3. The van der Waals surface area contributed by atoms with E-state index >= 15 is 0 Å². The molecule has 0 saturated carbocycles. The van der Waals surface area contributed by atoms with Gasteiger partial charge in [0.05, 0.1) is 11.8 Å². The zero-order valence-corrected chi connectivity index (χ0v) is 16.9. The molecule has 27 heavy (non-hydrogen) atoms. The van der Waals surface area contributed by atoms with Crippen LogP contribution in [0, 0.1) is 5.92 Å². The molecule has 3 N–H and O–H groups in total. The summed E-state index contributed by atoms with van der Waals surface area (Å²) in [6, 6.07) is 1.96. The molecule has 0 aliphatic carbocycles. The number of pyridine rings is 1. The summed E-state index contributed by atoms with van der Waals surface area (Å²) in [4.78, 5) is 19.7. The van der Waals surface area contributed by atoms with E-state index in [0.29, 0.717) is 31.0 Å². The first-order valence-electron chi connectivity index (χ1n) is 9.62. The van der Waals surface area contributed by atoms with Crippen molar-refractivity contribution in [3.05, 3.63) is 22.2 Å². The molecule has 3 heterocycles. The first kappa shape index (κ1) is 19.9. The molecule has 0 unspecified atom stereocenters. The fourth-order valence-electron chi connectivity index (χ4n) is 3.78. The van der Waals surface area contributed by atoms with E-state index in [-0.39, 0.29) is 11.6 Å². The van der Waals surface area contributed by atoms with Gasteiger partial charge in [0.2, 0.25) is 10.0 Å². The van der Waals surface area contributed by atoms with Crippen molar-refractivity contribution in [3.8, 4) is 0 Å². The van der Waals surface area contributed by atoms with Crippen molar-refractivity contribution in [1.29, 1.82) is 0 Å². The summed E-state index contributed by atoms with van der Waals surface area (Å²) >= 11 is 0. The molecular formula is C18H29N5O3S. The van der Waals surface area contributed by atoms with Gasteiger partial charge in [-0.1, -0.05) is 19.8 Å². The number of aryl methyl sites for hydroxylation is 1.